The van der Waals surface area contributed by atoms with Gasteiger partial charge < -0.3 is 14.7 Å². The van der Waals surface area contributed by atoms with Crippen LogP contribution in [0, 0.1) is 11.8 Å². The Morgan fingerprint density at radius 1 is 1.44 bits per heavy atom. The van der Waals surface area contributed by atoms with Gasteiger partial charge in [0.2, 0.25) is 0 Å². The number of hydrogen-bond donors (Lipinski definition) is 1. The summed E-state index contributed by atoms with van der Waals surface area (Å²) in [7, 11) is 0. The molecule has 1 aliphatic heterocycles. The van der Waals surface area contributed by atoms with Crippen LogP contribution >= 0.6 is 0 Å². The molecule has 1 N–H and O–H groups in total. The number of carbonyl (C=O) groups is 2. The third kappa shape index (κ3) is 3.70. The summed E-state index contributed by atoms with van der Waals surface area (Å²) in [6.45, 7) is 6.89. The normalized spacial score (nSPS) is 23.3. The maximum atomic E-state index is 12.3. The van der Waals surface area contributed by atoms with Gasteiger partial charge in [-0.3, -0.25) is 9.59 Å². The fraction of sp³-hybridized carbons (Fsp3) is 0.846. The zero-order chi connectivity index (χ0) is 13.7. The van der Waals surface area contributed by atoms with E-state index in [4.69, 9.17) is 9.84 Å². The molecule has 104 valence electrons. The molecular formula is C13H23NO4. The van der Waals surface area contributed by atoms with E-state index in [1.54, 1.807) is 0 Å². The van der Waals surface area contributed by atoms with Gasteiger partial charge in [-0.05, 0) is 24.7 Å². The molecule has 0 aromatic heterocycles. The molecule has 1 aliphatic rings. The highest BCUT2D eigenvalue weighted by molar-refractivity contribution is 5.85. The van der Waals surface area contributed by atoms with Gasteiger partial charge in [0, 0.05) is 13.2 Å². The van der Waals surface area contributed by atoms with Gasteiger partial charge in [0.15, 0.2) is 0 Å². The Bertz CT molecular complexity index is 303. The molecule has 1 heterocycles. The van der Waals surface area contributed by atoms with Crippen molar-refractivity contribution >= 4 is 11.9 Å². The summed E-state index contributed by atoms with van der Waals surface area (Å²) in [4.78, 5) is 24.5. The molecule has 1 rings (SSSR count). The van der Waals surface area contributed by atoms with Crippen molar-refractivity contribution in [3.8, 4) is 0 Å². The second-order valence-electron chi connectivity index (χ2n) is 5.14. The minimum absolute atomic E-state index is 0.171. The standard InChI is InChI=1S/C13H23NO4/c1-4-6-14(8-11(15)16)13(17)12-10(9(2)3)5-7-18-12/h9-10,12H,4-8H2,1-3H3,(H,15,16)/t10-,12-/m1/s1. The largest absolute Gasteiger partial charge is 0.480 e. The molecule has 18 heavy (non-hydrogen) atoms. The minimum Gasteiger partial charge on any atom is -0.480 e. The van der Waals surface area contributed by atoms with E-state index in [9.17, 15) is 9.59 Å². The fourth-order valence-electron chi connectivity index (χ4n) is 2.42. The summed E-state index contributed by atoms with van der Waals surface area (Å²) in [6, 6.07) is 0. The van der Waals surface area contributed by atoms with E-state index in [0.717, 1.165) is 12.8 Å². The first kappa shape index (κ1) is 15.0. The number of nitrogens with zero attached hydrogens (tertiary/aromatic N) is 1. The molecule has 0 aromatic rings. The molecule has 5 nitrogen and oxygen atoms in total. The highest BCUT2D eigenvalue weighted by Gasteiger charge is 2.38. The van der Waals surface area contributed by atoms with Crippen molar-refractivity contribution < 1.29 is 19.4 Å². The molecule has 1 fully saturated rings. The summed E-state index contributed by atoms with van der Waals surface area (Å²) in [6.07, 6.45) is 1.16. The Morgan fingerprint density at radius 2 is 2.11 bits per heavy atom. The average molecular weight is 257 g/mol. The van der Waals surface area contributed by atoms with Crippen molar-refractivity contribution in [2.24, 2.45) is 11.8 Å². The van der Waals surface area contributed by atoms with E-state index < -0.39 is 12.1 Å². The zero-order valence-corrected chi connectivity index (χ0v) is 11.4. The summed E-state index contributed by atoms with van der Waals surface area (Å²) >= 11 is 0. The van der Waals surface area contributed by atoms with Gasteiger partial charge in [0.1, 0.15) is 12.6 Å². The summed E-state index contributed by atoms with van der Waals surface area (Å²) < 4.78 is 5.51. The van der Waals surface area contributed by atoms with Crippen LogP contribution < -0.4 is 0 Å². The van der Waals surface area contributed by atoms with Crippen molar-refractivity contribution in [2.45, 2.75) is 39.7 Å². The monoisotopic (exact) mass is 257 g/mol. The lowest BCUT2D eigenvalue weighted by atomic mass is 9.89. The second-order valence-corrected chi connectivity index (χ2v) is 5.14. The highest BCUT2D eigenvalue weighted by Crippen LogP contribution is 2.29. The lowest BCUT2D eigenvalue weighted by Crippen LogP contribution is -2.45. The molecule has 2 atom stereocenters. The van der Waals surface area contributed by atoms with Gasteiger partial charge in [-0.15, -0.1) is 0 Å². The van der Waals surface area contributed by atoms with Gasteiger partial charge in [0.05, 0.1) is 0 Å². The molecule has 0 spiro atoms. The van der Waals surface area contributed by atoms with Crippen LogP contribution in [0.2, 0.25) is 0 Å². The van der Waals surface area contributed by atoms with Crippen LogP contribution in [0.3, 0.4) is 0 Å². The van der Waals surface area contributed by atoms with E-state index >= 15 is 0 Å². The zero-order valence-electron chi connectivity index (χ0n) is 11.4. The summed E-state index contributed by atoms with van der Waals surface area (Å²) in [5.41, 5.74) is 0. The maximum absolute atomic E-state index is 12.3. The van der Waals surface area contributed by atoms with Gasteiger partial charge in [-0.2, -0.15) is 0 Å². The topological polar surface area (TPSA) is 66.8 Å². The number of amides is 1. The van der Waals surface area contributed by atoms with Crippen LogP contribution in [0.1, 0.15) is 33.6 Å². The van der Waals surface area contributed by atoms with Crippen LogP contribution in [0.5, 0.6) is 0 Å². The molecule has 1 amide bonds. The molecule has 5 heteroatoms. The van der Waals surface area contributed by atoms with E-state index in [1.165, 1.54) is 4.90 Å². The smallest absolute Gasteiger partial charge is 0.323 e. The first-order valence-electron chi connectivity index (χ1n) is 6.59. The number of carboxylic acid groups (broad SMARTS) is 1. The highest BCUT2D eigenvalue weighted by atomic mass is 16.5. The Labute approximate surface area is 108 Å². The molecule has 0 saturated carbocycles. The Kier molecular flexibility index (Phi) is 5.59. The summed E-state index contributed by atoms with van der Waals surface area (Å²) in [5.74, 6) is -0.577. The lowest BCUT2D eigenvalue weighted by Gasteiger charge is -2.27. The van der Waals surface area contributed by atoms with Gasteiger partial charge >= 0.3 is 5.97 Å². The Balaban J connectivity index is 2.72. The molecule has 1 saturated heterocycles. The molecule has 0 aliphatic carbocycles. The van der Waals surface area contributed by atoms with Crippen molar-refractivity contribution in [1.29, 1.82) is 0 Å². The predicted molar refractivity (Wildman–Crippen MR) is 67.2 cm³/mol. The third-order valence-corrected chi connectivity index (χ3v) is 3.37. The Morgan fingerprint density at radius 3 is 2.61 bits per heavy atom. The van der Waals surface area contributed by atoms with Crippen LogP contribution in [0.15, 0.2) is 0 Å². The van der Waals surface area contributed by atoms with Crippen LogP contribution in [-0.4, -0.2) is 47.7 Å². The average Bonchev–Trinajstić information content (AvgIpc) is 2.75. The van der Waals surface area contributed by atoms with Gasteiger partial charge in [-0.1, -0.05) is 20.8 Å². The number of carboxylic acids is 1. The number of ether oxygens (including phenoxy) is 1. The quantitative estimate of drug-likeness (QED) is 0.780. The molecular weight excluding hydrogens is 234 g/mol. The van der Waals surface area contributed by atoms with E-state index in [1.807, 2.05) is 6.92 Å². The molecule has 0 bridgehead atoms. The number of rotatable bonds is 6. The Hall–Kier alpha value is -1.10. The second kappa shape index (κ2) is 6.73. The maximum Gasteiger partial charge on any atom is 0.323 e. The van der Waals surface area contributed by atoms with E-state index in [2.05, 4.69) is 13.8 Å². The van der Waals surface area contributed by atoms with E-state index in [0.29, 0.717) is 19.1 Å². The fourth-order valence-corrected chi connectivity index (χ4v) is 2.42. The lowest BCUT2D eigenvalue weighted by molar-refractivity contribution is -0.150. The first-order chi connectivity index (χ1) is 8.47. The number of carbonyl (C=O) groups excluding carboxylic acids is 1. The van der Waals surface area contributed by atoms with Crippen molar-refractivity contribution in [1.82, 2.24) is 4.90 Å². The number of hydrogen-bond acceptors (Lipinski definition) is 3. The molecule has 0 aromatic carbocycles. The van der Waals surface area contributed by atoms with Crippen LogP contribution in [-0.2, 0) is 14.3 Å². The molecule has 0 unspecified atom stereocenters. The van der Waals surface area contributed by atoms with Crippen LogP contribution in [0.25, 0.3) is 0 Å². The molecule has 0 radical (unpaired) electrons. The van der Waals surface area contributed by atoms with Crippen molar-refractivity contribution in [2.75, 3.05) is 19.7 Å². The minimum atomic E-state index is -0.976. The third-order valence-electron chi connectivity index (χ3n) is 3.37. The van der Waals surface area contributed by atoms with Gasteiger partial charge in [-0.25, -0.2) is 0 Å². The van der Waals surface area contributed by atoms with E-state index in [-0.39, 0.29) is 18.4 Å². The van der Waals surface area contributed by atoms with Crippen molar-refractivity contribution in [3.05, 3.63) is 0 Å². The predicted octanol–water partition coefficient (Wildman–Crippen LogP) is 1.37. The van der Waals surface area contributed by atoms with Gasteiger partial charge in [0.25, 0.3) is 5.91 Å². The van der Waals surface area contributed by atoms with Crippen LogP contribution in [0.4, 0.5) is 0 Å². The summed E-state index contributed by atoms with van der Waals surface area (Å²) in [5, 5.41) is 8.84. The first-order valence-corrected chi connectivity index (χ1v) is 6.59. The SMILES string of the molecule is CCCN(CC(=O)O)C(=O)[C@@H]1OCC[C@@H]1C(C)C. The van der Waals surface area contributed by atoms with Crippen molar-refractivity contribution in [3.63, 3.8) is 0 Å². The number of aliphatic carboxylic acids is 1.